The molecule has 1 aliphatic rings. The normalized spacial score (nSPS) is 18.6. The number of rotatable bonds is 1. The van der Waals surface area contributed by atoms with Crippen LogP contribution in [-0.4, -0.2) is 39.9 Å². The molecule has 1 atom stereocenters. The van der Waals surface area contributed by atoms with Crippen molar-refractivity contribution < 1.29 is 4.79 Å². The summed E-state index contributed by atoms with van der Waals surface area (Å²) in [6.45, 7) is 3.23. The SMILES string of the molecule is Cc1cnc(C(=O)N2CCC[C@@H](N)C2)cn1.Cl.Cl. The van der Waals surface area contributed by atoms with Crippen LogP contribution >= 0.6 is 24.8 Å². The van der Waals surface area contributed by atoms with Gasteiger partial charge in [0.15, 0.2) is 0 Å². The van der Waals surface area contributed by atoms with E-state index in [4.69, 9.17) is 5.73 Å². The molecule has 18 heavy (non-hydrogen) atoms. The molecular formula is C11H18Cl2N4O. The van der Waals surface area contributed by atoms with E-state index in [2.05, 4.69) is 9.97 Å². The van der Waals surface area contributed by atoms with Crippen LogP contribution in [0.15, 0.2) is 12.4 Å². The number of piperidine rings is 1. The zero-order chi connectivity index (χ0) is 11.5. The first-order valence-electron chi connectivity index (χ1n) is 5.50. The number of nitrogens with zero attached hydrogens (tertiary/aromatic N) is 3. The van der Waals surface area contributed by atoms with Gasteiger partial charge in [0.25, 0.3) is 5.91 Å². The summed E-state index contributed by atoms with van der Waals surface area (Å²) in [4.78, 5) is 21.9. The second-order valence-corrected chi connectivity index (χ2v) is 4.20. The summed E-state index contributed by atoms with van der Waals surface area (Å²) in [5.41, 5.74) is 7.05. The molecule has 7 heteroatoms. The molecule has 0 saturated carbocycles. The molecule has 1 aromatic heterocycles. The quantitative estimate of drug-likeness (QED) is 0.844. The number of likely N-dealkylation sites (tertiary alicyclic amines) is 1. The van der Waals surface area contributed by atoms with Crippen LogP contribution in [-0.2, 0) is 0 Å². The average Bonchev–Trinajstić information content (AvgIpc) is 2.29. The number of aromatic nitrogens is 2. The van der Waals surface area contributed by atoms with Crippen molar-refractivity contribution in [1.82, 2.24) is 14.9 Å². The summed E-state index contributed by atoms with van der Waals surface area (Å²) in [5, 5.41) is 0. The van der Waals surface area contributed by atoms with Gasteiger partial charge in [-0.3, -0.25) is 9.78 Å². The molecule has 1 fully saturated rings. The van der Waals surface area contributed by atoms with Gasteiger partial charge in [0, 0.05) is 25.3 Å². The van der Waals surface area contributed by atoms with Crippen molar-refractivity contribution in [2.75, 3.05) is 13.1 Å². The third kappa shape index (κ3) is 4.08. The number of aryl methyl sites for hydroxylation is 1. The molecule has 0 spiro atoms. The number of carbonyl (C=O) groups excluding carboxylic acids is 1. The number of amides is 1. The molecule has 2 heterocycles. The lowest BCUT2D eigenvalue weighted by molar-refractivity contribution is 0.0702. The van der Waals surface area contributed by atoms with Crippen molar-refractivity contribution in [2.45, 2.75) is 25.8 Å². The van der Waals surface area contributed by atoms with E-state index in [0.717, 1.165) is 25.1 Å². The van der Waals surface area contributed by atoms with Gasteiger partial charge in [-0.25, -0.2) is 4.98 Å². The molecule has 0 radical (unpaired) electrons. The van der Waals surface area contributed by atoms with Crippen molar-refractivity contribution in [3.63, 3.8) is 0 Å². The molecule has 0 aromatic carbocycles. The van der Waals surface area contributed by atoms with E-state index in [-0.39, 0.29) is 36.8 Å². The first kappa shape index (κ1) is 17.1. The molecule has 0 unspecified atom stereocenters. The average molecular weight is 293 g/mol. The van der Waals surface area contributed by atoms with Gasteiger partial charge in [0.2, 0.25) is 0 Å². The van der Waals surface area contributed by atoms with Gasteiger partial charge in [0.1, 0.15) is 5.69 Å². The fourth-order valence-electron chi connectivity index (χ4n) is 1.86. The molecule has 2 N–H and O–H groups in total. The summed E-state index contributed by atoms with van der Waals surface area (Å²) in [6.07, 6.45) is 5.09. The van der Waals surface area contributed by atoms with Crippen LogP contribution in [0.25, 0.3) is 0 Å². The Bertz CT molecular complexity index is 385. The molecule has 1 aromatic rings. The monoisotopic (exact) mass is 292 g/mol. The zero-order valence-corrected chi connectivity index (χ0v) is 11.8. The summed E-state index contributed by atoms with van der Waals surface area (Å²) < 4.78 is 0. The maximum absolute atomic E-state index is 12.0. The largest absolute Gasteiger partial charge is 0.336 e. The first-order valence-corrected chi connectivity index (χ1v) is 5.50. The molecule has 1 aliphatic heterocycles. The van der Waals surface area contributed by atoms with Crippen molar-refractivity contribution in [3.05, 3.63) is 23.8 Å². The Morgan fingerprint density at radius 2 is 2.11 bits per heavy atom. The van der Waals surface area contributed by atoms with Crippen LogP contribution in [0.4, 0.5) is 0 Å². The molecule has 1 saturated heterocycles. The highest BCUT2D eigenvalue weighted by Gasteiger charge is 2.23. The number of halogens is 2. The topological polar surface area (TPSA) is 72.1 Å². The minimum atomic E-state index is -0.0670. The highest BCUT2D eigenvalue weighted by Crippen LogP contribution is 2.11. The zero-order valence-electron chi connectivity index (χ0n) is 10.2. The first-order chi connectivity index (χ1) is 7.66. The third-order valence-corrected chi connectivity index (χ3v) is 2.75. The Morgan fingerprint density at radius 1 is 1.39 bits per heavy atom. The minimum Gasteiger partial charge on any atom is -0.336 e. The molecule has 0 aliphatic carbocycles. The lowest BCUT2D eigenvalue weighted by Gasteiger charge is -2.30. The van der Waals surface area contributed by atoms with Crippen LogP contribution in [0.1, 0.15) is 29.0 Å². The molecule has 5 nitrogen and oxygen atoms in total. The second-order valence-electron chi connectivity index (χ2n) is 4.20. The standard InChI is InChI=1S/C11H16N4O.2ClH/c1-8-5-14-10(6-13-8)11(16)15-4-2-3-9(12)7-15;;/h5-6,9H,2-4,7,12H2,1H3;2*1H/t9-;;/m1../s1. The fourth-order valence-corrected chi connectivity index (χ4v) is 1.86. The van der Waals surface area contributed by atoms with Gasteiger partial charge < -0.3 is 10.6 Å². The minimum absolute atomic E-state index is 0. The van der Waals surface area contributed by atoms with E-state index in [1.165, 1.54) is 6.20 Å². The molecule has 0 bridgehead atoms. The van der Waals surface area contributed by atoms with Crippen molar-refractivity contribution in [1.29, 1.82) is 0 Å². The Morgan fingerprint density at radius 3 is 2.67 bits per heavy atom. The van der Waals surface area contributed by atoms with Crippen LogP contribution in [0.3, 0.4) is 0 Å². The predicted octanol–water partition coefficient (Wildman–Crippen LogP) is 1.19. The predicted molar refractivity (Wildman–Crippen MR) is 74.4 cm³/mol. The van der Waals surface area contributed by atoms with E-state index < -0.39 is 0 Å². The molecular weight excluding hydrogens is 275 g/mol. The number of nitrogens with two attached hydrogens (primary N) is 1. The van der Waals surface area contributed by atoms with Gasteiger partial charge in [-0.05, 0) is 19.8 Å². The number of hydrogen-bond acceptors (Lipinski definition) is 4. The molecule has 1 amide bonds. The summed E-state index contributed by atoms with van der Waals surface area (Å²) in [5.74, 6) is -0.0670. The molecule has 2 rings (SSSR count). The summed E-state index contributed by atoms with van der Waals surface area (Å²) in [6, 6.07) is 0.0936. The van der Waals surface area contributed by atoms with E-state index in [1.54, 1.807) is 11.1 Å². The van der Waals surface area contributed by atoms with Gasteiger partial charge >= 0.3 is 0 Å². The Kier molecular flexibility index (Phi) is 7.13. The van der Waals surface area contributed by atoms with E-state index in [1.807, 2.05) is 6.92 Å². The van der Waals surface area contributed by atoms with Gasteiger partial charge in [0.05, 0.1) is 11.9 Å². The third-order valence-electron chi connectivity index (χ3n) is 2.75. The summed E-state index contributed by atoms with van der Waals surface area (Å²) >= 11 is 0. The second kappa shape index (κ2) is 7.51. The van der Waals surface area contributed by atoms with Gasteiger partial charge in [-0.2, -0.15) is 0 Å². The lowest BCUT2D eigenvalue weighted by Crippen LogP contribution is -2.45. The van der Waals surface area contributed by atoms with Gasteiger partial charge in [-0.15, -0.1) is 24.8 Å². The van der Waals surface area contributed by atoms with E-state index in [0.29, 0.717) is 12.2 Å². The number of hydrogen-bond donors (Lipinski definition) is 1. The van der Waals surface area contributed by atoms with Crippen molar-refractivity contribution in [2.24, 2.45) is 5.73 Å². The highest BCUT2D eigenvalue weighted by molar-refractivity contribution is 5.92. The number of carbonyl (C=O) groups is 1. The fraction of sp³-hybridized carbons (Fsp3) is 0.545. The Hall–Kier alpha value is -0.910. The highest BCUT2D eigenvalue weighted by atomic mass is 35.5. The van der Waals surface area contributed by atoms with Gasteiger partial charge in [-0.1, -0.05) is 0 Å². The van der Waals surface area contributed by atoms with Crippen LogP contribution in [0.5, 0.6) is 0 Å². The Balaban J connectivity index is 0.00000144. The Labute approximate surface area is 119 Å². The van der Waals surface area contributed by atoms with Crippen LogP contribution in [0, 0.1) is 6.92 Å². The maximum Gasteiger partial charge on any atom is 0.274 e. The summed E-state index contributed by atoms with van der Waals surface area (Å²) in [7, 11) is 0. The van der Waals surface area contributed by atoms with Crippen molar-refractivity contribution in [3.8, 4) is 0 Å². The smallest absolute Gasteiger partial charge is 0.274 e. The molecule has 102 valence electrons. The lowest BCUT2D eigenvalue weighted by atomic mass is 10.1. The van der Waals surface area contributed by atoms with Crippen molar-refractivity contribution >= 4 is 30.7 Å². The van der Waals surface area contributed by atoms with Crippen LogP contribution < -0.4 is 5.73 Å². The van der Waals surface area contributed by atoms with E-state index in [9.17, 15) is 4.79 Å². The van der Waals surface area contributed by atoms with E-state index >= 15 is 0 Å². The maximum atomic E-state index is 12.0. The van der Waals surface area contributed by atoms with Crippen LogP contribution in [0.2, 0.25) is 0 Å².